The number of rotatable bonds is 9. The quantitative estimate of drug-likeness (QED) is 0.131. The molecule has 4 aromatic rings. The van der Waals surface area contributed by atoms with Gasteiger partial charge in [0.15, 0.2) is 5.16 Å². The molecule has 0 spiro atoms. The molecule has 5 rings (SSSR count). The first-order chi connectivity index (χ1) is 19.8. The largest absolute Gasteiger partial charge is 0.497 e. The summed E-state index contributed by atoms with van der Waals surface area (Å²) < 4.78 is 7.07. The van der Waals surface area contributed by atoms with E-state index < -0.39 is 0 Å². The number of benzene rings is 3. The molecule has 1 N–H and O–H groups in total. The van der Waals surface area contributed by atoms with Crippen molar-refractivity contribution in [1.29, 1.82) is 0 Å². The van der Waals surface area contributed by atoms with Crippen LogP contribution in [0.4, 0.5) is 5.69 Å². The summed E-state index contributed by atoms with van der Waals surface area (Å²) in [6.07, 6.45) is 1.79. The van der Waals surface area contributed by atoms with Crippen LogP contribution in [0.3, 0.4) is 0 Å². The fourth-order valence-electron chi connectivity index (χ4n) is 4.10. The Hall–Kier alpha value is -3.64. The highest BCUT2D eigenvalue weighted by Crippen LogP contribution is 2.33. The molecule has 12 heteroatoms. The molecule has 0 atom stereocenters. The van der Waals surface area contributed by atoms with Gasteiger partial charge in [0, 0.05) is 23.7 Å². The summed E-state index contributed by atoms with van der Waals surface area (Å²) in [6, 6.07) is 21.5. The second-order valence-electron chi connectivity index (χ2n) is 8.82. The Labute approximate surface area is 255 Å². The number of nitrogens with one attached hydrogen (secondary N) is 1. The first-order valence-corrected chi connectivity index (χ1v) is 15.0. The van der Waals surface area contributed by atoms with Crippen molar-refractivity contribution in [3.05, 3.63) is 88.3 Å². The number of aromatic nitrogens is 2. The van der Waals surface area contributed by atoms with E-state index in [0.29, 0.717) is 36.1 Å². The van der Waals surface area contributed by atoms with Gasteiger partial charge in [-0.3, -0.25) is 23.9 Å². The highest BCUT2D eigenvalue weighted by atomic mass is 35.5. The van der Waals surface area contributed by atoms with Crippen molar-refractivity contribution in [3.8, 4) is 5.75 Å². The topological polar surface area (TPSA) is 93.5 Å². The van der Waals surface area contributed by atoms with Crippen molar-refractivity contribution in [3.63, 3.8) is 0 Å². The van der Waals surface area contributed by atoms with Gasteiger partial charge in [-0.05, 0) is 54.1 Å². The number of para-hydroxylation sites is 2. The van der Waals surface area contributed by atoms with Crippen LogP contribution in [-0.4, -0.2) is 55.9 Å². The van der Waals surface area contributed by atoms with E-state index in [9.17, 15) is 14.4 Å². The summed E-state index contributed by atoms with van der Waals surface area (Å²) in [5.74, 6) is -0.00592. The van der Waals surface area contributed by atoms with Crippen LogP contribution in [-0.2, 0) is 9.59 Å². The van der Waals surface area contributed by atoms with E-state index >= 15 is 0 Å². The number of fused-ring (bicyclic) bond motifs is 1. The average molecular weight is 623 g/mol. The summed E-state index contributed by atoms with van der Waals surface area (Å²) in [5.41, 5.74) is 2.68. The lowest BCUT2D eigenvalue weighted by atomic mass is 10.2. The number of nitrogens with zero attached hydrogens (tertiary/aromatic N) is 3. The normalized spacial score (nSPS) is 14.2. The average Bonchev–Trinajstić information content (AvgIpc) is 3.47. The van der Waals surface area contributed by atoms with E-state index in [1.54, 1.807) is 49.6 Å². The van der Waals surface area contributed by atoms with Crippen LogP contribution in [0.2, 0.25) is 5.02 Å². The summed E-state index contributed by atoms with van der Waals surface area (Å²) in [4.78, 5) is 45.7. The molecule has 208 valence electrons. The van der Waals surface area contributed by atoms with Gasteiger partial charge < -0.3 is 10.1 Å². The van der Waals surface area contributed by atoms with Gasteiger partial charge in [0.25, 0.3) is 5.91 Å². The lowest BCUT2D eigenvalue weighted by molar-refractivity contribution is -0.122. The maximum atomic E-state index is 13.5. The highest BCUT2D eigenvalue weighted by Gasteiger charge is 2.32. The van der Waals surface area contributed by atoms with Gasteiger partial charge in [-0.15, -0.1) is 0 Å². The van der Waals surface area contributed by atoms with E-state index in [1.165, 1.54) is 21.2 Å². The minimum Gasteiger partial charge on any atom is -0.497 e. The van der Waals surface area contributed by atoms with Gasteiger partial charge in [0.1, 0.15) is 10.1 Å². The molecule has 3 aromatic carbocycles. The van der Waals surface area contributed by atoms with Crippen LogP contribution < -0.4 is 10.1 Å². The molecular weight excluding hydrogens is 600 g/mol. The lowest BCUT2D eigenvalue weighted by Gasteiger charge is -2.15. The molecule has 1 aliphatic heterocycles. The number of carbonyl (C=O) groups excluding carboxylic acids is 3. The Bertz CT molecular complexity index is 1690. The number of amides is 2. The number of anilines is 1. The standard InChI is InChI=1S/C29H23ClN4O4S3/c1-38-21-11-9-18(10-12-21)15-24-27(37)33(29(39)41-24)14-13-26(36)34-23-8-3-2-7-22(23)32-28(34)40-17-25(35)31-20-6-4-5-19(30)16-20/h2-12,15-16H,13-14,17H2,1H3,(H,31,35). The predicted octanol–water partition coefficient (Wildman–Crippen LogP) is 6.36. The second kappa shape index (κ2) is 12.9. The van der Waals surface area contributed by atoms with Crippen LogP contribution in [0, 0.1) is 0 Å². The number of carbonyl (C=O) groups is 3. The Balaban J connectivity index is 1.27. The third kappa shape index (κ3) is 6.82. The molecule has 1 saturated heterocycles. The third-order valence-corrected chi connectivity index (χ3v) is 8.61. The number of ether oxygens (including phenoxy) is 1. The van der Waals surface area contributed by atoms with E-state index in [-0.39, 0.29) is 36.4 Å². The number of halogens is 1. The molecule has 0 bridgehead atoms. The monoisotopic (exact) mass is 622 g/mol. The van der Waals surface area contributed by atoms with E-state index in [1.807, 2.05) is 36.4 Å². The molecule has 0 aliphatic carbocycles. The summed E-state index contributed by atoms with van der Waals surface area (Å²) in [6.45, 7) is 0.120. The molecule has 0 saturated carbocycles. The number of thioether (sulfide) groups is 2. The highest BCUT2D eigenvalue weighted by molar-refractivity contribution is 8.26. The third-order valence-electron chi connectivity index (χ3n) is 6.06. The molecule has 1 fully saturated rings. The number of methoxy groups -OCH3 is 1. The number of hydrogen-bond donors (Lipinski definition) is 1. The molecule has 2 amide bonds. The van der Waals surface area contributed by atoms with Crippen LogP contribution in [0.1, 0.15) is 16.8 Å². The summed E-state index contributed by atoms with van der Waals surface area (Å²) in [5, 5.41) is 3.70. The fraction of sp³-hybridized carbons (Fsp3) is 0.138. The number of hydrogen-bond acceptors (Lipinski definition) is 8. The SMILES string of the molecule is COc1ccc(C=C2SC(=S)N(CCC(=O)n3c(SCC(=O)Nc4cccc(Cl)c4)nc4ccccc43)C2=O)cc1. The molecule has 0 radical (unpaired) electrons. The van der Waals surface area contributed by atoms with Gasteiger partial charge in [-0.25, -0.2) is 4.98 Å². The fourth-order valence-corrected chi connectivity index (χ4v) is 6.42. The molecule has 8 nitrogen and oxygen atoms in total. The summed E-state index contributed by atoms with van der Waals surface area (Å²) in [7, 11) is 1.59. The Kier molecular flexibility index (Phi) is 9.09. The first-order valence-electron chi connectivity index (χ1n) is 12.4. The van der Waals surface area contributed by atoms with E-state index in [2.05, 4.69) is 10.3 Å². The molecule has 1 aliphatic rings. The maximum absolute atomic E-state index is 13.5. The van der Waals surface area contributed by atoms with Crippen molar-refractivity contribution >= 4 is 92.2 Å². The smallest absolute Gasteiger partial charge is 0.266 e. The minimum absolute atomic E-state index is 0.0187. The molecule has 0 unspecified atom stereocenters. The number of imidazole rings is 1. The predicted molar refractivity (Wildman–Crippen MR) is 169 cm³/mol. The lowest BCUT2D eigenvalue weighted by Crippen LogP contribution is -2.31. The van der Waals surface area contributed by atoms with E-state index in [0.717, 1.165) is 23.1 Å². The van der Waals surface area contributed by atoms with Crippen molar-refractivity contribution in [2.45, 2.75) is 11.6 Å². The zero-order chi connectivity index (χ0) is 28.9. The Morgan fingerprint density at radius 2 is 1.90 bits per heavy atom. The molecule has 2 heterocycles. The van der Waals surface area contributed by atoms with Crippen LogP contribution in [0.25, 0.3) is 17.1 Å². The minimum atomic E-state index is -0.260. The molecular formula is C29H23ClN4O4S3. The van der Waals surface area contributed by atoms with Crippen LogP contribution >= 0.6 is 47.3 Å². The van der Waals surface area contributed by atoms with Crippen LogP contribution in [0.5, 0.6) is 5.75 Å². The first kappa shape index (κ1) is 28.9. The Morgan fingerprint density at radius 1 is 1.12 bits per heavy atom. The van der Waals surface area contributed by atoms with Crippen molar-refractivity contribution in [2.24, 2.45) is 0 Å². The van der Waals surface area contributed by atoms with Crippen LogP contribution in [0.15, 0.2) is 82.9 Å². The number of thiocarbonyl (C=S) groups is 1. The maximum Gasteiger partial charge on any atom is 0.266 e. The molecule has 41 heavy (non-hydrogen) atoms. The zero-order valence-corrected chi connectivity index (χ0v) is 24.9. The van der Waals surface area contributed by atoms with Crippen molar-refractivity contribution in [2.75, 3.05) is 24.7 Å². The van der Waals surface area contributed by atoms with Gasteiger partial charge in [0.05, 0.1) is 28.8 Å². The summed E-state index contributed by atoms with van der Waals surface area (Å²) >= 11 is 13.8. The van der Waals surface area contributed by atoms with Gasteiger partial charge >= 0.3 is 0 Å². The molecule has 1 aromatic heterocycles. The van der Waals surface area contributed by atoms with Gasteiger partial charge in [-0.1, -0.05) is 77.7 Å². The van der Waals surface area contributed by atoms with Crippen molar-refractivity contribution in [1.82, 2.24) is 14.5 Å². The van der Waals surface area contributed by atoms with E-state index in [4.69, 9.17) is 28.6 Å². The zero-order valence-electron chi connectivity index (χ0n) is 21.7. The Morgan fingerprint density at radius 3 is 2.66 bits per heavy atom. The van der Waals surface area contributed by atoms with Gasteiger partial charge in [0.2, 0.25) is 11.8 Å². The van der Waals surface area contributed by atoms with Gasteiger partial charge in [-0.2, -0.15) is 0 Å². The second-order valence-corrected chi connectivity index (χ2v) is 11.9. The van der Waals surface area contributed by atoms with Crippen molar-refractivity contribution < 1.29 is 19.1 Å².